The van der Waals surface area contributed by atoms with E-state index in [2.05, 4.69) is 0 Å². The quantitative estimate of drug-likeness (QED) is 0.0379. The van der Waals surface area contributed by atoms with Gasteiger partial charge in [0.25, 0.3) is 0 Å². The fourth-order valence-corrected chi connectivity index (χ4v) is 5.58. The molecule has 33 heteroatoms. The van der Waals surface area contributed by atoms with Crippen LogP contribution in [0.3, 0.4) is 0 Å². The van der Waals surface area contributed by atoms with Crippen molar-refractivity contribution in [3.05, 3.63) is 0 Å². The molecule has 348 valence electrons. The number of carbonyl (C=O) groups excluding carboxylic acids is 6. The van der Waals surface area contributed by atoms with Crippen LogP contribution in [-0.2, 0) is 86.0 Å². The number of cyclic esters (lactones) is 6. The van der Waals surface area contributed by atoms with Gasteiger partial charge in [0.15, 0.2) is 78.5 Å². The molecule has 0 atom stereocenters. The Morgan fingerprint density at radius 2 is 0.444 bits per heavy atom. The molecular formula is C30H54K3N6O24+3. The van der Waals surface area contributed by atoms with Crippen molar-refractivity contribution in [2.24, 2.45) is 0 Å². The maximum absolute atomic E-state index is 11.5. The van der Waals surface area contributed by atoms with E-state index in [0.717, 1.165) is 0 Å². The van der Waals surface area contributed by atoms with Crippen molar-refractivity contribution < 1.29 is 288 Å². The van der Waals surface area contributed by atoms with Crippen LogP contribution in [0, 0.1) is 0 Å². The number of hydrogen-bond acceptors (Lipinski definition) is 21. The Hall–Kier alpha value is -1.69. The average Bonchev–Trinajstić information content (AvgIpc) is 3.15. The fraction of sp³-hybridized carbons (Fsp3) is 0.600. The summed E-state index contributed by atoms with van der Waals surface area (Å²) in [6.07, 6.45) is 0. The molecule has 0 aromatic carbocycles. The molecule has 0 radical (unpaired) electrons. The monoisotopic (exact) mass is 999 g/mol. The molecule has 3 rings (SSSR count). The third kappa shape index (κ3) is 32.6. The van der Waals surface area contributed by atoms with Gasteiger partial charge >= 0.3 is 226 Å². The third-order valence-electron chi connectivity index (χ3n) is 7.44. The molecule has 3 fully saturated rings. The number of carboxylic acids is 6. The van der Waals surface area contributed by atoms with Gasteiger partial charge in [-0.05, 0) is 0 Å². The number of quaternary nitrogens is 3. The van der Waals surface area contributed by atoms with Gasteiger partial charge in [-0.1, -0.05) is 0 Å². The van der Waals surface area contributed by atoms with E-state index in [1.807, 2.05) is 0 Å². The second kappa shape index (κ2) is 36.4. The van der Waals surface area contributed by atoms with Crippen LogP contribution in [0.15, 0.2) is 0 Å². The van der Waals surface area contributed by atoms with E-state index in [1.54, 1.807) is 0 Å². The minimum Gasteiger partial charge on any atom is -1.00 e. The average molecular weight is 1000 g/mol. The van der Waals surface area contributed by atoms with Gasteiger partial charge in [0.2, 0.25) is 0 Å². The zero-order chi connectivity index (χ0) is 43.4. The minimum atomic E-state index is -1.32. The molecule has 0 unspecified atom stereocenters. The van der Waals surface area contributed by atoms with Crippen molar-refractivity contribution in [1.29, 1.82) is 0 Å². The predicted molar refractivity (Wildman–Crippen MR) is 189 cm³/mol. The zero-order valence-corrected chi connectivity index (χ0v) is 44.6. The van der Waals surface area contributed by atoms with Crippen LogP contribution < -0.4 is 173 Å². The summed E-state index contributed by atoms with van der Waals surface area (Å²) in [4.78, 5) is 134. The Balaban J connectivity index is -0.0000000988. The summed E-state index contributed by atoms with van der Waals surface area (Å²) in [7, 11) is 0. The van der Waals surface area contributed by atoms with Gasteiger partial charge in [0.05, 0.1) is 0 Å². The van der Waals surface area contributed by atoms with Crippen molar-refractivity contribution >= 4 is 71.6 Å². The van der Waals surface area contributed by atoms with Gasteiger partial charge in [0.1, 0.15) is 39.6 Å². The molecule has 0 bridgehead atoms. The molecule has 0 saturated carbocycles. The fourth-order valence-electron chi connectivity index (χ4n) is 5.58. The normalized spacial score (nSPS) is 17.5. The minimum absolute atomic E-state index is 0. The molecule has 15 N–H and O–H groups in total. The molecule has 0 aromatic rings. The Bertz CT molecular complexity index is 1330. The van der Waals surface area contributed by atoms with Crippen LogP contribution in [0.2, 0.25) is 0 Å². The van der Waals surface area contributed by atoms with E-state index < -0.39 is 164 Å². The summed E-state index contributed by atoms with van der Waals surface area (Å²) < 4.78 is 26.0. The smallest absolute Gasteiger partial charge is 1.00 e. The molecule has 3 saturated heterocycles. The standard InChI is InChI=1S/3C10H13NO8.3K.3H3N.3H/c3*12-7(13)3-11(4-8(14)15)5-9(16)18-1-2-19-10(17)6-11;;;;;;;;;/h3*1-6H2,(H-,12,13,14,15);;;;3*1H3;;;/q;;;3*+1;;;;3*-1/p+3. The number of aliphatic carboxylic acids is 6. The summed E-state index contributed by atoms with van der Waals surface area (Å²) in [6.45, 7) is -7.95. The van der Waals surface area contributed by atoms with E-state index in [4.69, 9.17) is 59.1 Å². The third-order valence-corrected chi connectivity index (χ3v) is 7.44. The first-order valence-corrected chi connectivity index (χ1v) is 16.3. The Kier molecular flexibility index (Phi) is 42.2. The largest absolute Gasteiger partial charge is 1.00 e. The van der Waals surface area contributed by atoms with Gasteiger partial charge in [0, 0.05) is 0 Å². The van der Waals surface area contributed by atoms with Crippen LogP contribution in [0.5, 0.6) is 0 Å². The van der Waals surface area contributed by atoms with E-state index in [0.29, 0.717) is 0 Å². The number of nitrogens with zero attached hydrogens (tertiary/aromatic N) is 3. The van der Waals surface area contributed by atoms with Crippen molar-refractivity contribution in [2.75, 3.05) is 118 Å². The van der Waals surface area contributed by atoms with Crippen molar-refractivity contribution in [3.8, 4) is 0 Å². The van der Waals surface area contributed by atoms with E-state index in [-0.39, 0.29) is 217 Å². The van der Waals surface area contributed by atoms with Crippen molar-refractivity contribution in [2.45, 2.75) is 0 Å². The molecule has 0 amide bonds. The van der Waals surface area contributed by atoms with Crippen LogP contribution in [-0.4, -0.2) is 234 Å². The van der Waals surface area contributed by atoms with Crippen molar-refractivity contribution in [1.82, 2.24) is 18.5 Å². The second-order valence-electron chi connectivity index (χ2n) is 12.6. The summed E-state index contributed by atoms with van der Waals surface area (Å²) >= 11 is 0. The molecule has 0 aromatic heterocycles. The molecule has 30 nitrogen and oxygen atoms in total. The van der Waals surface area contributed by atoms with Crippen LogP contribution >= 0.6 is 0 Å². The maximum atomic E-state index is 11.5. The number of ether oxygens (including phenoxy) is 6. The van der Waals surface area contributed by atoms with E-state index in [9.17, 15) is 57.5 Å². The predicted octanol–water partition coefficient (Wildman–Crippen LogP) is -13.9. The number of hydrogen-bond donors (Lipinski definition) is 9. The summed E-state index contributed by atoms with van der Waals surface area (Å²) in [5, 5.41) is 53.0. The van der Waals surface area contributed by atoms with Gasteiger partial charge in [-0.15, -0.1) is 0 Å². The van der Waals surface area contributed by atoms with Crippen LogP contribution in [0.1, 0.15) is 4.28 Å². The molecular weight excluding hydrogens is 946 g/mol. The number of rotatable bonds is 12. The molecule has 3 heterocycles. The Morgan fingerprint density at radius 3 is 0.540 bits per heavy atom. The summed E-state index contributed by atoms with van der Waals surface area (Å²) in [5.41, 5.74) is 0. The Labute approximate surface area is 489 Å². The first-order chi connectivity index (χ1) is 26.5. The van der Waals surface area contributed by atoms with Crippen molar-refractivity contribution in [3.63, 3.8) is 0 Å². The van der Waals surface area contributed by atoms with Gasteiger partial charge < -0.3 is 81.8 Å². The van der Waals surface area contributed by atoms with Gasteiger partial charge in [-0.3, -0.25) is 13.4 Å². The first kappa shape index (κ1) is 72.9. The van der Waals surface area contributed by atoms with E-state index in [1.165, 1.54) is 0 Å². The Morgan fingerprint density at radius 1 is 0.333 bits per heavy atom. The number of esters is 6. The summed E-state index contributed by atoms with van der Waals surface area (Å²) in [6, 6.07) is 0. The van der Waals surface area contributed by atoms with Gasteiger partial charge in [-0.2, -0.15) is 0 Å². The maximum Gasteiger partial charge on any atom is 1.00 e. The molecule has 3 aliphatic heterocycles. The number of carboxylic acid groups (broad SMARTS) is 6. The molecule has 0 aliphatic carbocycles. The second-order valence-corrected chi connectivity index (χ2v) is 12.6. The van der Waals surface area contributed by atoms with Crippen LogP contribution in [0.25, 0.3) is 0 Å². The topological polar surface area (TPSA) is 487 Å². The van der Waals surface area contributed by atoms with Gasteiger partial charge in [-0.25, -0.2) is 57.5 Å². The molecule has 3 aliphatic rings. The summed E-state index contributed by atoms with van der Waals surface area (Å²) in [5.74, 6) is -12.5. The van der Waals surface area contributed by atoms with Crippen LogP contribution in [0.4, 0.5) is 0 Å². The molecule has 0 spiro atoms. The number of carbonyl (C=O) groups is 12. The van der Waals surface area contributed by atoms with E-state index >= 15 is 0 Å². The SMILES string of the molecule is N.N.N.O=C(O)C[N+]1(CC(=O)O)CC(=O)OCCOC(=O)C1.O=C(O)C[N+]1(CC(=O)O)CC(=O)OCCOC(=O)C1.O=C(O)C[N+]1(CC(=O)O)CC(=O)OCCOC(=O)C1.[H-].[H-].[H-].[K+].[K+].[K+]. The zero-order valence-electron chi connectivity index (χ0n) is 38.2. The molecule has 63 heavy (non-hydrogen) atoms. The first-order valence-electron chi connectivity index (χ1n) is 16.3.